The van der Waals surface area contributed by atoms with Gasteiger partial charge in [-0.1, -0.05) is 42.1 Å². The van der Waals surface area contributed by atoms with Crippen LogP contribution in [-0.2, 0) is 22.4 Å². The molecule has 1 aromatic carbocycles. The van der Waals surface area contributed by atoms with Crippen molar-refractivity contribution in [2.75, 3.05) is 18.2 Å². The van der Waals surface area contributed by atoms with Gasteiger partial charge in [0.1, 0.15) is 26.7 Å². The maximum atomic E-state index is 12.9. The predicted molar refractivity (Wildman–Crippen MR) is 142 cm³/mol. The average molecular weight is 575 g/mol. The van der Waals surface area contributed by atoms with Crippen LogP contribution in [0.1, 0.15) is 33.6 Å². The fraction of sp³-hybridized carbons (Fsp3) is 0.250. The van der Waals surface area contributed by atoms with Crippen LogP contribution in [0, 0.1) is 0 Å². The first-order valence-corrected chi connectivity index (χ1v) is 14.1. The first-order chi connectivity index (χ1) is 16.6. The van der Waals surface area contributed by atoms with E-state index in [1.165, 1.54) is 53.5 Å². The van der Waals surface area contributed by atoms with E-state index in [4.69, 9.17) is 4.74 Å². The monoisotopic (exact) mass is 573 g/mol. The van der Waals surface area contributed by atoms with E-state index in [0.717, 1.165) is 37.4 Å². The van der Waals surface area contributed by atoms with Gasteiger partial charge in [0.05, 0.1) is 16.6 Å². The molecule has 34 heavy (non-hydrogen) atoms. The van der Waals surface area contributed by atoms with Crippen molar-refractivity contribution in [2.45, 2.75) is 30.7 Å². The molecule has 10 heteroatoms. The Kier molecular flexibility index (Phi) is 7.01. The van der Waals surface area contributed by atoms with Gasteiger partial charge in [0.15, 0.2) is 0 Å². The molecule has 0 saturated heterocycles. The maximum Gasteiger partial charge on any atom is 0.341 e. The zero-order valence-corrected chi connectivity index (χ0v) is 22.3. The molecule has 3 aromatic heterocycles. The summed E-state index contributed by atoms with van der Waals surface area (Å²) in [6.45, 7) is 0. The Labute approximate surface area is 217 Å². The third-order valence-electron chi connectivity index (χ3n) is 5.63. The minimum Gasteiger partial charge on any atom is -0.465 e. The van der Waals surface area contributed by atoms with E-state index in [2.05, 4.69) is 31.2 Å². The number of halogens is 1. The second kappa shape index (κ2) is 10.2. The summed E-state index contributed by atoms with van der Waals surface area (Å²) in [4.78, 5) is 36.9. The Morgan fingerprint density at radius 1 is 1.15 bits per heavy atom. The number of anilines is 1. The molecule has 0 spiro atoms. The molecule has 1 aliphatic carbocycles. The van der Waals surface area contributed by atoms with Crippen LogP contribution in [0.2, 0.25) is 0 Å². The van der Waals surface area contributed by atoms with Crippen LogP contribution in [0.3, 0.4) is 0 Å². The molecule has 6 nitrogen and oxygen atoms in total. The zero-order chi connectivity index (χ0) is 23.7. The van der Waals surface area contributed by atoms with Crippen LogP contribution in [0.15, 0.2) is 45.5 Å². The van der Waals surface area contributed by atoms with Gasteiger partial charge in [0.2, 0.25) is 5.91 Å². The van der Waals surface area contributed by atoms with Gasteiger partial charge in [-0.05, 0) is 52.7 Å². The van der Waals surface area contributed by atoms with Gasteiger partial charge >= 0.3 is 5.97 Å². The molecule has 0 aliphatic heterocycles. The quantitative estimate of drug-likeness (QED) is 0.159. The topological polar surface area (TPSA) is 81.2 Å². The zero-order valence-electron chi connectivity index (χ0n) is 18.2. The van der Waals surface area contributed by atoms with Crippen molar-refractivity contribution in [3.63, 3.8) is 0 Å². The molecule has 0 atom stereocenters. The molecule has 0 saturated carbocycles. The number of nitrogens with zero attached hydrogens (tertiary/aromatic N) is 2. The number of thioether (sulfide) groups is 1. The summed E-state index contributed by atoms with van der Waals surface area (Å²) >= 11 is 8.01. The summed E-state index contributed by atoms with van der Waals surface area (Å²) in [5.41, 5.74) is 3.27. The van der Waals surface area contributed by atoms with Crippen molar-refractivity contribution in [1.29, 1.82) is 0 Å². The first kappa shape index (κ1) is 23.5. The number of benzene rings is 1. The highest BCUT2D eigenvalue weighted by Gasteiger charge is 2.26. The van der Waals surface area contributed by atoms with Crippen molar-refractivity contribution in [3.8, 4) is 11.1 Å². The number of thiophene rings is 2. The lowest BCUT2D eigenvalue weighted by Gasteiger charge is -2.11. The number of amides is 1. The second-order valence-corrected chi connectivity index (χ2v) is 12.1. The number of nitrogens with one attached hydrogen (secondary N) is 1. The van der Waals surface area contributed by atoms with Crippen LogP contribution in [0.25, 0.3) is 21.3 Å². The molecule has 1 N–H and O–H groups in total. The fourth-order valence-corrected chi connectivity index (χ4v) is 8.10. The molecule has 0 unspecified atom stereocenters. The van der Waals surface area contributed by atoms with Crippen molar-refractivity contribution in [1.82, 2.24) is 9.97 Å². The normalized spacial score (nSPS) is 13.0. The van der Waals surface area contributed by atoms with Crippen LogP contribution in [-0.4, -0.2) is 34.7 Å². The summed E-state index contributed by atoms with van der Waals surface area (Å²) in [6, 6.07) is 9.56. The SMILES string of the molecule is COC(=O)c1c(NC(=O)CSc2ncnc3sc4c(c23)CCCC4)sc(Br)c1-c1ccccc1. The summed E-state index contributed by atoms with van der Waals surface area (Å²) < 4.78 is 5.78. The number of hydrogen-bond acceptors (Lipinski definition) is 8. The van der Waals surface area contributed by atoms with Crippen molar-refractivity contribution in [2.24, 2.45) is 0 Å². The van der Waals surface area contributed by atoms with E-state index in [1.807, 2.05) is 30.3 Å². The number of aryl methyl sites for hydroxylation is 2. The van der Waals surface area contributed by atoms with E-state index in [-0.39, 0.29) is 11.7 Å². The Bertz CT molecular complexity index is 1380. The molecule has 174 valence electrons. The predicted octanol–water partition coefficient (Wildman–Crippen LogP) is 6.58. The van der Waals surface area contributed by atoms with E-state index in [9.17, 15) is 9.59 Å². The molecular formula is C24H20BrN3O3S3. The Hall–Kier alpha value is -2.27. The molecule has 1 aliphatic rings. The highest BCUT2D eigenvalue weighted by Crippen LogP contribution is 2.44. The lowest BCUT2D eigenvalue weighted by Crippen LogP contribution is -2.16. The number of esters is 1. The lowest BCUT2D eigenvalue weighted by atomic mass is 9.97. The van der Waals surface area contributed by atoms with Crippen LogP contribution < -0.4 is 5.32 Å². The molecule has 3 heterocycles. The van der Waals surface area contributed by atoms with Crippen molar-refractivity contribution in [3.05, 3.63) is 56.4 Å². The number of hydrogen-bond donors (Lipinski definition) is 1. The second-order valence-electron chi connectivity index (χ2n) is 7.72. The van der Waals surface area contributed by atoms with Gasteiger partial charge in [0, 0.05) is 15.8 Å². The van der Waals surface area contributed by atoms with Gasteiger partial charge in [-0.25, -0.2) is 14.8 Å². The Morgan fingerprint density at radius 2 is 1.94 bits per heavy atom. The number of carbonyl (C=O) groups is 2. The molecule has 0 radical (unpaired) electrons. The van der Waals surface area contributed by atoms with E-state index in [1.54, 1.807) is 17.7 Å². The van der Waals surface area contributed by atoms with Gasteiger partial charge in [0.25, 0.3) is 0 Å². The van der Waals surface area contributed by atoms with Crippen LogP contribution >= 0.6 is 50.4 Å². The number of methoxy groups -OCH3 is 1. The molecule has 0 fully saturated rings. The van der Waals surface area contributed by atoms with Gasteiger partial charge in [-0.15, -0.1) is 22.7 Å². The van der Waals surface area contributed by atoms with Gasteiger partial charge in [-0.3, -0.25) is 4.79 Å². The number of rotatable bonds is 6. The van der Waals surface area contributed by atoms with Crippen LogP contribution in [0.4, 0.5) is 5.00 Å². The molecule has 1 amide bonds. The number of carbonyl (C=O) groups excluding carboxylic acids is 2. The molecule has 5 rings (SSSR count). The standard InChI is InChI=1S/C24H20BrN3O3S3/c1-31-24(30)19-17(13-7-3-2-4-8-13)20(25)34-23(19)28-16(29)11-32-21-18-14-9-5-6-10-15(14)33-22(18)27-12-26-21/h2-4,7-8,12H,5-6,9-11H2,1H3,(H,28,29). The van der Waals surface area contributed by atoms with Gasteiger partial charge in [-0.2, -0.15) is 0 Å². The van der Waals surface area contributed by atoms with Crippen molar-refractivity contribution < 1.29 is 14.3 Å². The van der Waals surface area contributed by atoms with Crippen LogP contribution in [0.5, 0.6) is 0 Å². The maximum absolute atomic E-state index is 12.9. The third kappa shape index (κ3) is 4.51. The summed E-state index contributed by atoms with van der Waals surface area (Å²) in [5, 5.41) is 5.32. The van der Waals surface area contributed by atoms with Crippen molar-refractivity contribution >= 4 is 77.5 Å². The third-order valence-corrected chi connectivity index (χ3v) is 9.59. The summed E-state index contributed by atoms with van der Waals surface area (Å²) in [6.07, 6.45) is 6.08. The number of fused-ring (bicyclic) bond motifs is 3. The Morgan fingerprint density at radius 3 is 2.74 bits per heavy atom. The Balaban J connectivity index is 1.39. The number of aromatic nitrogens is 2. The minimum atomic E-state index is -0.494. The average Bonchev–Trinajstić information content (AvgIpc) is 3.40. The highest BCUT2D eigenvalue weighted by molar-refractivity contribution is 9.11. The number of ether oxygens (including phenoxy) is 1. The first-order valence-electron chi connectivity index (χ1n) is 10.7. The molecule has 4 aromatic rings. The van der Waals surface area contributed by atoms with Gasteiger partial charge < -0.3 is 10.1 Å². The lowest BCUT2D eigenvalue weighted by molar-refractivity contribution is -0.113. The summed E-state index contributed by atoms with van der Waals surface area (Å²) in [5.74, 6) is -0.529. The van der Waals surface area contributed by atoms with E-state index < -0.39 is 5.97 Å². The summed E-state index contributed by atoms with van der Waals surface area (Å²) in [7, 11) is 1.34. The molecule has 0 bridgehead atoms. The molecular weight excluding hydrogens is 554 g/mol. The largest absolute Gasteiger partial charge is 0.465 e. The highest BCUT2D eigenvalue weighted by atomic mass is 79.9. The van der Waals surface area contributed by atoms with E-state index >= 15 is 0 Å². The minimum absolute atomic E-state index is 0.174. The smallest absolute Gasteiger partial charge is 0.341 e. The van der Waals surface area contributed by atoms with E-state index in [0.29, 0.717) is 16.1 Å². The fourth-order valence-electron chi connectivity index (χ4n) is 4.12.